The summed E-state index contributed by atoms with van der Waals surface area (Å²) in [6.45, 7) is 0. The van der Waals surface area contributed by atoms with Crippen molar-refractivity contribution in [2.45, 2.75) is 5.41 Å². The molecule has 0 fully saturated rings. The Labute approximate surface area is 261 Å². The monoisotopic (exact) mass is 572 g/mol. The molecule has 2 aromatic heterocycles. The Kier molecular flexibility index (Phi) is 6.09. The number of pyridine rings is 2. The van der Waals surface area contributed by atoms with Crippen LogP contribution in [0, 0.1) is 22.7 Å². The molecule has 0 spiro atoms. The van der Waals surface area contributed by atoms with Crippen molar-refractivity contribution >= 4 is 10.8 Å². The van der Waals surface area contributed by atoms with Crippen LogP contribution in [-0.4, -0.2) is 9.97 Å². The predicted molar refractivity (Wildman–Crippen MR) is 177 cm³/mol. The lowest BCUT2D eigenvalue weighted by Crippen LogP contribution is -2.28. The maximum Gasteiger partial charge on any atom is 0.0992 e. The molecule has 0 aliphatic heterocycles. The normalized spacial score (nSPS) is 12.6. The number of benzene rings is 5. The van der Waals surface area contributed by atoms with Crippen molar-refractivity contribution in [1.29, 1.82) is 10.5 Å². The number of fused-ring (bicyclic) bond motifs is 5. The van der Waals surface area contributed by atoms with Crippen LogP contribution in [0.15, 0.2) is 146 Å². The second-order valence-electron chi connectivity index (χ2n) is 11.2. The average Bonchev–Trinajstić information content (AvgIpc) is 3.42. The zero-order valence-electron chi connectivity index (χ0n) is 24.1. The van der Waals surface area contributed by atoms with Crippen LogP contribution in [0.3, 0.4) is 0 Å². The Balaban J connectivity index is 1.54. The van der Waals surface area contributed by atoms with Crippen LogP contribution in [0.5, 0.6) is 0 Å². The first-order valence-electron chi connectivity index (χ1n) is 14.8. The smallest absolute Gasteiger partial charge is 0.0992 e. The van der Waals surface area contributed by atoms with E-state index in [0.717, 1.165) is 61.1 Å². The SMILES string of the molecule is N#Cc1ccnc(-c2ccc3c(c2)C(c2ccccc2)(c2ccccc2)c2cc(-c4cc(C#N)ccn4)c4ccccc4c2-3)c1. The minimum atomic E-state index is -0.665. The summed E-state index contributed by atoms with van der Waals surface area (Å²) in [7, 11) is 0. The van der Waals surface area contributed by atoms with Crippen LogP contribution in [0.4, 0.5) is 0 Å². The molecule has 0 unspecified atom stereocenters. The molecule has 0 saturated carbocycles. The maximum absolute atomic E-state index is 9.73. The van der Waals surface area contributed by atoms with Crippen LogP contribution in [0.25, 0.3) is 44.4 Å². The van der Waals surface area contributed by atoms with Gasteiger partial charge in [-0.15, -0.1) is 0 Å². The second-order valence-corrected chi connectivity index (χ2v) is 11.2. The van der Waals surface area contributed by atoms with E-state index in [4.69, 9.17) is 4.98 Å². The standard InChI is InChI=1S/C41H24N4/c42-25-27-17-19-44-38(21-27)29-15-16-34-36(23-29)41(30-9-3-1-4-10-30,31-11-5-2-6-12-31)37-24-35(39-22-28(26-43)18-20-45-39)32-13-7-8-14-33(32)40(34)37/h1-24H. The number of rotatable bonds is 4. The maximum atomic E-state index is 9.73. The van der Waals surface area contributed by atoms with Crippen molar-refractivity contribution in [1.82, 2.24) is 9.97 Å². The number of hydrogen-bond donors (Lipinski definition) is 0. The quantitative estimate of drug-likeness (QED) is 0.211. The first kappa shape index (κ1) is 26.3. The third-order valence-electron chi connectivity index (χ3n) is 8.90. The topological polar surface area (TPSA) is 73.4 Å². The van der Waals surface area contributed by atoms with Gasteiger partial charge >= 0.3 is 0 Å². The number of hydrogen-bond acceptors (Lipinski definition) is 4. The largest absolute Gasteiger partial charge is 0.256 e. The summed E-state index contributed by atoms with van der Waals surface area (Å²) in [5, 5.41) is 21.5. The zero-order valence-corrected chi connectivity index (χ0v) is 24.1. The molecule has 0 radical (unpaired) electrons. The fraction of sp³-hybridized carbons (Fsp3) is 0.0244. The molecule has 5 aromatic carbocycles. The van der Waals surface area contributed by atoms with E-state index in [1.807, 2.05) is 12.1 Å². The summed E-state index contributed by atoms with van der Waals surface area (Å²) in [5.41, 5.74) is 10.9. The molecule has 7 aromatic rings. The van der Waals surface area contributed by atoms with E-state index in [1.165, 1.54) is 5.56 Å². The van der Waals surface area contributed by atoms with Gasteiger partial charge in [-0.05, 0) is 80.6 Å². The van der Waals surface area contributed by atoms with Gasteiger partial charge in [-0.2, -0.15) is 10.5 Å². The molecule has 2 heterocycles. The zero-order chi connectivity index (χ0) is 30.4. The van der Waals surface area contributed by atoms with Crippen molar-refractivity contribution < 1.29 is 0 Å². The van der Waals surface area contributed by atoms with Crippen molar-refractivity contribution in [2.75, 3.05) is 0 Å². The summed E-state index contributed by atoms with van der Waals surface area (Å²) in [6.07, 6.45) is 3.40. The molecule has 1 aliphatic carbocycles. The van der Waals surface area contributed by atoms with E-state index in [1.54, 1.807) is 24.5 Å². The van der Waals surface area contributed by atoms with Gasteiger partial charge in [-0.25, -0.2) is 0 Å². The molecule has 8 rings (SSSR count). The molecule has 4 nitrogen and oxygen atoms in total. The summed E-state index contributed by atoms with van der Waals surface area (Å²) in [6, 6.07) is 50.4. The number of aromatic nitrogens is 2. The minimum Gasteiger partial charge on any atom is -0.256 e. The molecule has 0 N–H and O–H groups in total. The van der Waals surface area contributed by atoms with Crippen molar-refractivity contribution in [2.24, 2.45) is 0 Å². The van der Waals surface area contributed by atoms with E-state index >= 15 is 0 Å². The summed E-state index contributed by atoms with van der Waals surface area (Å²) in [5.74, 6) is 0. The molecular weight excluding hydrogens is 548 g/mol. The highest BCUT2D eigenvalue weighted by molar-refractivity contribution is 6.10. The van der Waals surface area contributed by atoms with Gasteiger partial charge in [0.2, 0.25) is 0 Å². The van der Waals surface area contributed by atoms with Gasteiger partial charge in [-0.3, -0.25) is 9.97 Å². The lowest BCUT2D eigenvalue weighted by molar-refractivity contribution is 0.769. The van der Waals surface area contributed by atoms with Crippen molar-refractivity contribution in [3.8, 4) is 45.8 Å². The lowest BCUT2D eigenvalue weighted by Gasteiger charge is -2.34. The minimum absolute atomic E-state index is 0.571. The highest BCUT2D eigenvalue weighted by Gasteiger charge is 2.47. The summed E-state index contributed by atoms with van der Waals surface area (Å²) in [4.78, 5) is 9.42. The molecular formula is C41H24N4. The molecule has 45 heavy (non-hydrogen) atoms. The Morgan fingerprint density at radius 1 is 0.489 bits per heavy atom. The van der Waals surface area contributed by atoms with Crippen LogP contribution < -0.4 is 0 Å². The Morgan fingerprint density at radius 3 is 1.71 bits per heavy atom. The summed E-state index contributed by atoms with van der Waals surface area (Å²) >= 11 is 0. The van der Waals surface area contributed by atoms with Gasteiger partial charge in [-0.1, -0.05) is 97.1 Å². The van der Waals surface area contributed by atoms with Crippen LogP contribution in [0.1, 0.15) is 33.4 Å². The highest BCUT2D eigenvalue weighted by atomic mass is 14.7. The van der Waals surface area contributed by atoms with Crippen molar-refractivity contribution in [3.63, 3.8) is 0 Å². The third kappa shape index (κ3) is 3.98. The molecule has 0 amide bonds. The first-order chi connectivity index (χ1) is 22.2. The van der Waals surface area contributed by atoms with Crippen LogP contribution in [0.2, 0.25) is 0 Å². The predicted octanol–water partition coefficient (Wildman–Crippen LogP) is 9.07. The third-order valence-corrected chi connectivity index (χ3v) is 8.90. The van der Waals surface area contributed by atoms with Gasteiger partial charge < -0.3 is 0 Å². The highest BCUT2D eigenvalue weighted by Crippen LogP contribution is 2.59. The molecule has 0 bridgehead atoms. The van der Waals surface area contributed by atoms with Gasteiger partial charge in [0.1, 0.15) is 0 Å². The van der Waals surface area contributed by atoms with E-state index in [2.05, 4.69) is 126 Å². The number of nitriles is 2. The van der Waals surface area contributed by atoms with E-state index in [0.29, 0.717) is 11.1 Å². The average molecular weight is 573 g/mol. The van der Waals surface area contributed by atoms with E-state index in [-0.39, 0.29) is 0 Å². The van der Waals surface area contributed by atoms with Crippen LogP contribution >= 0.6 is 0 Å². The van der Waals surface area contributed by atoms with Gasteiger partial charge in [0.25, 0.3) is 0 Å². The fourth-order valence-corrected chi connectivity index (χ4v) is 7.02. The number of nitrogens with zero attached hydrogens (tertiary/aromatic N) is 4. The summed E-state index contributed by atoms with van der Waals surface area (Å²) < 4.78 is 0. The molecule has 0 saturated heterocycles. The second kappa shape index (κ2) is 10.4. The molecule has 1 aliphatic rings. The first-order valence-corrected chi connectivity index (χ1v) is 14.8. The Hall–Kier alpha value is -6.36. The van der Waals surface area contributed by atoms with Gasteiger partial charge in [0.05, 0.1) is 40.1 Å². The van der Waals surface area contributed by atoms with Gasteiger partial charge in [0, 0.05) is 23.5 Å². The molecule has 4 heteroatoms. The van der Waals surface area contributed by atoms with Crippen LogP contribution in [-0.2, 0) is 5.41 Å². The Morgan fingerprint density at radius 2 is 1.07 bits per heavy atom. The molecule has 0 atom stereocenters. The van der Waals surface area contributed by atoms with Gasteiger partial charge in [0.15, 0.2) is 0 Å². The Bertz CT molecular complexity index is 2310. The van der Waals surface area contributed by atoms with Crippen molar-refractivity contribution in [3.05, 3.63) is 179 Å². The fourth-order valence-electron chi connectivity index (χ4n) is 7.02. The van der Waals surface area contributed by atoms with E-state index in [9.17, 15) is 10.5 Å². The molecule has 208 valence electrons. The van der Waals surface area contributed by atoms with E-state index < -0.39 is 5.41 Å². The lowest BCUT2D eigenvalue weighted by atomic mass is 9.67.